The number of unbranched alkanes of at least 4 members (excludes halogenated alkanes) is 7. The number of alkyl halides is 1. The van der Waals surface area contributed by atoms with Crippen molar-refractivity contribution in [2.75, 3.05) is 0 Å². The van der Waals surface area contributed by atoms with Gasteiger partial charge in [-0.1, -0.05) is 58.3 Å². The molecule has 90 valence electrons. The number of halogens is 1. The molecule has 0 spiro atoms. The van der Waals surface area contributed by atoms with Crippen molar-refractivity contribution in [1.29, 1.82) is 0 Å². The number of hydrogen-bond acceptors (Lipinski definition) is 1. The second-order valence-electron chi connectivity index (χ2n) is 4.34. The highest BCUT2D eigenvalue weighted by molar-refractivity contribution is 6.30. The zero-order valence-corrected chi connectivity index (χ0v) is 11.0. The molecule has 1 unspecified atom stereocenters. The van der Waals surface area contributed by atoms with E-state index in [4.69, 9.17) is 11.6 Å². The zero-order valence-electron chi connectivity index (χ0n) is 10.2. The van der Waals surface area contributed by atoms with E-state index in [1.165, 1.54) is 44.9 Å². The lowest BCUT2D eigenvalue weighted by atomic mass is 10.1. The minimum atomic E-state index is -0.245. The molecule has 1 atom stereocenters. The maximum absolute atomic E-state index is 10.8. The molecular weight excluding hydrogens is 208 g/mol. The minimum absolute atomic E-state index is 0.111. The highest BCUT2D eigenvalue weighted by Gasteiger charge is 2.08. The molecule has 0 aromatic rings. The normalized spacial score (nSPS) is 12.7. The minimum Gasteiger partial charge on any atom is -0.298 e. The van der Waals surface area contributed by atoms with Crippen molar-refractivity contribution in [3.05, 3.63) is 0 Å². The molecular formula is C13H25ClO. The van der Waals surface area contributed by atoms with Crippen molar-refractivity contribution in [1.82, 2.24) is 0 Å². The highest BCUT2D eigenvalue weighted by atomic mass is 35.5. The van der Waals surface area contributed by atoms with Gasteiger partial charge in [-0.3, -0.25) is 4.79 Å². The van der Waals surface area contributed by atoms with Gasteiger partial charge >= 0.3 is 0 Å². The Hall–Kier alpha value is -0.0400. The quantitative estimate of drug-likeness (QED) is 0.394. The van der Waals surface area contributed by atoms with E-state index in [2.05, 4.69) is 6.92 Å². The molecule has 0 amide bonds. The molecule has 0 saturated carbocycles. The van der Waals surface area contributed by atoms with Gasteiger partial charge in [0.2, 0.25) is 0 Å². The number of ketones is 1. The Balaban J connectivity index is 3.08. The summed E-state index contributed by atoms with van der Waals surface area (Å²) in [6, 6.07) is 0. The van der Waals surface area contributed by atoms with Gasteiger partial charge in [0, 0.05) is 0 Å². The van der Waals surface area contributed by atoms with Crippen LogP contribution in [0.2, 0.25) is 0 Å². The molecule has 0 aliphatic rings. The van der Waals surface area contributed by atoms with Crippen LogP contribution in [0.3, 0.4) is 0 Å². The van der Waals surface area contributed by atoms with Gasteiger partial charge in [-0.25, -0.2) is 0 Å². The molecule has 0 fully saturated rings. The summed E-state index contributed by atoms with van der Waals surface area (Å²) in [6.07, 6.45) is 11.2. The molecule has 0 rings (SSSR count). The molecule has 0 aromatic heterocycles. The average Bonchev–Trinajstić information content (AvgIpc) is 2.21. The van der Waals surface area contributed by atoms with E-state index < -0.39 is 0 Å². The van der Waals surface area contributed by atoms with E-state index in [1.807, 2.05) is 0 Å². The SMILES string of the molecule is CCCCCCCCCCC(Cl)C(C)=O. The molecule has 1 nitrogen and oxygen atoms in total. The average molecular weight is 233 g/mol. The third kappa shape index (κ3) is 10.2. The van der Waals surface area contributed by atoms with Crippen LogP contribution in [0.4, 0.5) is 0 Å². The van der Waals surface area contributed by atoms with E-state index in [9.17, 15) is 4.79 Å². The fourth-order valence-corrected chi connectivity index (χ4v) is 1.82. The first-order valence-electron chi connectivity index (χ1n) is 6.33. The Morgan fingerprint density at radius 1 is 1.00 bits per heavy atom. The van der Waals surface area contributed by atoms with Crippen molar-refractivity contribution < 1.29 is 4.79 Å². The number of carbonyl (C=O) groups excluding carboxylic acids is 1. The van der Waals surface area contributed by atoms with E-state index in [0.717, 1.165) is 12.8 Å². The van der Waals surface area contributed by atoms with Crippen LogP contribution in [0.5, 0.6) is 0 Å². The molecule has 0 N–H and O–H groups in total. The third-order valence-corrected chi connectivity index (χ3v) is 3.28. The first kappa shape index (κ1) is 15.0. The summed E-state index contributed by atoms with van der Waals surface area (Å²) in [5.41, 5.74) is 0. The summed E-state index contributed by atoms with van der Waals surface area (Å²) in [6.45, 7) is 3.81. The first-order valence-corrected chi connectivity index (χ1v) is 6.76. The lowest BCUT2D eigenvalue weighted by Gasteiger charge is -2.04. The Kier molecular flexibility index (Phi) is 10.4. The van der Waals surface area contributed by atoms with Gasteiger partial charge in [-0.2, -0.15) is 0 Å². The van der Waals surface area contributed by atoms with Crippen LogP contribution in [0.1, 0.15) is 71.6 Å². The fraction of sp³-hybridized carbons (Fsp3) is 0.923. The van der Waals surface area contributed by atoms with E-state index in [1.54, 1.807) is 6.92 Å². The summed E-state index contributed by atoms with van der Waals surface area (Å²) < 4.78 is 0. The van der Waals surface area contributed by atoms with Gasteiger partial charge in [0.05, 0.1) is 5.38 Å². The number of carbonyl (C=O) groups is 1. The Bertz CT molecular complexity index is 157. The van der Waals surface area contributed by atoms with Crippen LogP contribution >= 0.6 is 11.6 Å². The molecule has 0 heterocycles. The van der Waals surface area contributed by atoms with Crippen molar-refractivity contribution in [3.8, 4) is 0 Å². The zero-order chi connectivity index (χ0) is 11.5. The molecule has 0 bridgehead atoms. The molecule has 0 saturated heterocycles. The van der Waals surface area contributed by atoms with Crippen molar-refractivity contribution in [2.24, 2.45) is 0 Å². The summed E-state index contributed by atoms with van der Waals surface area (Å²) in [4.78, 5) is 10.8. The third-order valence-electron chi connectivity index (χ3n) is 2.75. The summed E-state index contributed by atoms with van der Waals surface area (Å²) in [5.74, 6) is 0.111. The standard InChI is InChI=1S/C13H25ClO/c1-3-4-5-6-7-8-9-10-11-13(14)12(2)15/h13H,3-11H2,1-2H3. The van der Waals surface area contributed by atoms with Gasteiger partial charge in [0.25, 0.3) is 0 Å². The van der Waals surface area contributed by atoms with E-state index in [0.29, 0.717) is 0 Å². The summed E-state index contributed by atoms with van der Waals surface area (Å²) in [7, 11) is 0. The van der Waals surface area contributed by atoms with E-state index in [-0.39, 0.29) is 11.2 Å². The Labute approximate surface area is 99.6 Å². The van der Waals surface area contributed by atoms with Crippen LogP contribution < -0.4 is 0 Å². The number of rotatable bonds is 10. The van der Waals surface area contributed by atoms with Crippen LogP contribution in [-0.2, 0) is 4.79 Å². The van der Waals surface area contributed by atoms with Crippen LogP contribution in [-0.4, -0.2) is 11.2 Å². The molecule has 15 heavy (non-hydrogen) atoms. The van der Waals surface area contributed by atoms with Gasteiger partial charge in [0.1, 0.15) is 5.78 Å². The summed E-state index contributed by atoms with van der Waals surface area (Å²) in [5, 5.41) is -0.245. The predicted molar refractivity (Wildman–Crippen MR) is 67.5 cm³/mol. The monoisotopic (exact) mass is 232 g/mol. The molecule has 0 aromatic carbocycles. The van der Waals surface area contributed by atoms with E-state index >= 15 is 0 Å². The first-order chi connectivity index (χ1) is 7.18. The fourth-order valence-electron chi connectivity index (χ4n) is 1.66. The molecule has 0 aliphatic heterocycles. The van der Waals surface area contributed by atoms with Crippen molar-refractivity contribution in [3.63, 3.8) is 0 Å². The van der Waals surface area contributed by atoms with Crippen molar-refractivity contribution >= 4 is 17.4 Å². The highest BCUT2D eigenvalue weighted by Crippen LogP contribution is 2.13. The second-order valence-corrected chi connectivity index (χ2v) is 4.87. The topological polar surface area (TPSA) is 17.1 Å². The lowest BCUT2D eigenvalue weighted by Crippen LogP contribution is -2.09. The van der Waals surface area contributed by atoms with Gasteiger partial charge in [0.15, 0.2) is 0 Å². The molecule has 0 radical (unpaired) electrons. The van der Waals surface area contributed by atoms with Crippen molar-refractivity contribution in [2.45, 2.75) is 77.0 Å². The van der Waals surface area contributed by atoms with Crippen LogP contribution in [0.15, 0.2) is 0 Å². The lowest BCUT2D eigenvalue weighted by molar-refractivity contribution is -0.116. The second kappa shape index (κ2) is 10.5. The number of Topliss-reactive ketones (excluding diaryl/α,β-unsaturated/α-hetero) is 1. The molecule has 2 heteroatoms. The van der Waals surface area contributed by atoms with Gasteiger partial charge < -0.3 is 0 Å². The van der Waals surface area contributed by atoms with Crippen LogP contribution in [0.25, 0.3) is 0 Å². The van der Waals surface area contributed by atoms with Gasteiger partial charge in [-0.15, -0.1) is 11.6 Å². The Morgan fingerprint density at radius 2 is 1.47 bits per heavy atom. The number of hydrogen-bond donors (Lipinski definition) is 0. The predicted octanol–water partition coefficient (Wildman–Crippen LogP) is 4.71. The maximum Gasteiger partial charge on any atom is 0.147 e. The largest absolute Gasteiger partial charge is 0.298 e. The van der Waals surface area contributed by atoms with Crippen LogP contribution in [0, 0.1) is 0 Å². The van der Waals surface area contributed by atoms with Gasteiger partial charge in [-0.05, 0) is 13.3 Å². The maximum atomic E-state index is 10.8. The smallest absolute Gasteiger partial charge is 0.147 e. The summed E-state index contributed by atoms with van der Waals surface area (Å²) >= 11 is 5.85. The Morgan fingerprint density at radius 3 is 1.93 bits per heavy atom. The molecule has 0 aliphatic carbocycles.